The van der Waals surface area contributed by atoms with Crippen LogP contribution in [0.1, 0.15) is 37.2 Å². The van der Waals surface area contributed by atoms with Gasteiger partial charge in [-0.2, -0.15) is 0 Å². The minimum absolute atomic E-state index is 0.0135. The third-order valence-corrected chi connectivity index (χ3v) is 4.06. The quantitative estimate of drug-likeness (QED) is 0.857. The zero-order valence-corrected chi connectivity index (χ0v) is 13.3. The minimum Gasteiger partial charge on any atom is -0.481 e. The third kappa shape index (κ3) is 4.39. The van der Waals surface area contributed by atoms with Gasteiger partial charge in [0.05, 0.1) is 0 Å². The number of aliphatic carboxylic acids is 1. The molecule has 0 saturated carbocycles. The third-order valence-electron chi connectivity index (χ3n) is 3.17. The average Bonchev–Trinajstić information content (AvgIpc) is 2.96. The van der Waals surface area contributed by atoms with Gasteiger partial charge < -0.3 is 10.4 Å². The number of aromatic nitrogens is 1. The van der Waals surface area contributed by atoms with E-state index in [0.29, 0.717) is 12.1 Å². The molecule has 2 rings (SSSR count). The van der Waals surface area contributed by atoms with Crippen LogP contribution in [-0.2, 0) is 4.79 Å². The van der Waals surface area contributed by atoms with E-state index in [4.69, 9.17) is 5.11 Å². The van der Waals surface area contributed by atoms with Gasteiger partial charge in [-0.25, -0.2) is 4.98 Å². The molecule has 1 amide bonds. The SMILES string of the molecule is CC(C)(CCC(=O)O)NC(=O)c1csc(-c2ccccc2)n1. The van der Waals surface area contributed by atoms with Crippen LogP contribution in [0.3, 0.4) is 0 Å². The second-order valence-corrected chi connectivity index (χ2v) is 6.49. The van der Waals surface area contributed by atoms with E-state index in [2.05, 4.69) is 10.3 Å². The predicted octanol–water partition coefficient (Wildman–Crippen LogP) is 3.18. The molecule has 0 aliphatic carbocycles. The van der Waals surface area contributed by atoms with Crippen molar-refractivity contribution in [3.8, 4) is 10.6 Å². The first kappa shape index (κ1) is 16.2. The number of carbonyl (C=O) groups excluding carboxylic acids is 1. The molecular weight excluding hydrogens is 300 g/mol. The summed E-state index contributed by atoms with van der Waals surface area (Å²) in [6, 6.07) is 9.65. The molecule has 0 fully saturated rings. The summed E-state index contributed by atoms with van der Waals surface area (Å²) < 4.78 is 0. The van der Waals surface area contributed by atoms with Crippen LogP contribution in [0.15, 0.2) is 35.7 Å². The van der Waals surface area contributed by atoms with Crippen molar-refractivity contribution in [2.24, 2.45) is 0 Å². The molecule has 0 saturated heterocycles. The van der Waals surface area contributed by atoms with Crippen molar-refractivity contribution in [1.82, 2.24) is 10.3 Å². The van der Waals surface area contributed by atoms with Crippen LogP contribution in [0.25, 0.3) is 10.6 Å². The van der Waals surface area contributed by atoms with E-state index >= 15 is 0 Å². The number of benzene rings is 1. The first-order chi connectivity index (χ1) is 10.4. The summed E-state index contributed by atoms with van der Waals surface area (Å²) in [5.74, 6) is -1.16. The first-order valence-corrected chi connectivity index (χ1v) is 7.81. The van der Waals surface area contributed by atoms with Crippen LogP contribution in [0.2, 0.25) is 0 Å². The Morgan fingerprint density at radius 1 is 1.27 bits per heavy atom. The van der Waals surface area contributed by atoms with Crippen molar-refractivity contribution in [1.29, 1.82) is 0 Å². The summed E-state index contributed by atoms with van der Waals surface area (Å²) in [5, 5.41) is 14.1. The Balaban J connectivity index is 2.04. The van der Waals surface area contributed by atoms with Crippen molar-refractivity contribution < 1.29 is 14.7 Å². The maximum Gasteiger partial charge on any atom is 0.303 e. The van der Waals surface area contributed by atoms with Crippen molar-refractivity contribution in [3.05, 3.63) is 41.4 Å². The van der Waals surface area contributed by atoms with E-state index in [9.17, 15) is 9.59 Å². The molecule has 0 aliphatic heterocycles. The van der Waals surface area contributed by atoms with Crippen LogP contribution < -0.4 is 5.32 Å². The predicted molar refractivity (Wildman–Crippen MR) is 86.0 cm³/mol. The Morgan fingerprint density at radius 3 is 2.59 bits per heavy atom. The molecule has 1 aromatic carbocycles. The second-order valence-electron chi connectivity index (χ2n) is 5.64. The fourth-order valence-electron chi connectivity index (χ4n) is 1.94. The zero-order valence-electron chi connectivity index (χ0n) is 12.5. The molecule has 2 N–H and O–H groups in total. The Bertz CT molecular complexity index is 665. The van der Waals surface area contributed by atoms with Gasteiger partial charge in [-0.3, -0.25) is 9.59 Å². The van der Waals surface area contributed by atoms with E-state index in [-0.39, 0.29) is 12.3 Å². The molecule has 0 spiro atoms. The molecule has 0 bridgehead atoms. The highest BCUT2D eigenvalue weighted by Crippen LogP contribution is 2.23. The summed E-state index contributed by atoms with van der Waals surface area (Å²) in [4.78, 5) is 27.2. The van der Waals surface area contributed by atoms with Crippen LogP contribution in [0.5, 0.6) is 0 Å². The fourth-order valence-corrected chi connectivity index (χ4v) is 2.75. The molecule has 1 aromatic heterocycles. The van der Waals surface area contributed by atoms with Crippen LogP contribution in [-0.4, -0.2) is 27.5 Å². The lowest BCUT2D eigenvalue weighted by atomic mass is 9.98. The van der Waals surface area contributed by atoms with Crippen molar-refractivity contribution in [2.45, 2.75) is 32.2 Å². The molecule has 6 heteroatoms. The summed E-state index contributed by atoms with van der Waals surface area (Å²) in [5.41, 5.74) is 0.732. The smallest absolute Gasteiger partial charge is 0.303 e. The summed E-state index contributed by atoms with van der Waals surface area (Å²) in [7, 11) is 0. The molecule has 22 heavy (non-hydrogen) atoms. The van der Waals surface area contributed by atoms with Gasteiger partial charge in [0, 0.05) is 22.9 Å². The lowest BCUT2D eigenvalue weighted by Gasteiger charge is -2.25. The van der Waals surface area contributed by atoms with Crippen LogP contribution in [0, 0.1) is 0 Å². The molecule has 0 atom stereocenters. The number of carboxylic acids is 1. The lowest BCUT2D eigenvalue weighted by molar-refractivity contribution is -0.137. The Hall–Kier alpha value is -2.21. The highest BCUT2D eigenvalue weighted by Gasteiger charge is 2.23. The van der Waals surface area contributed by atoms with Crippen molar-refractivity contribution >= 4 is 23.2 Å². The number of thiazole rings is 1. The van der Waals surface area contributed by atoms with E-state index in [1.807, 2.05) is 30.3 Å². The number of nitrogens with zero attached hydrogens (tertiary/aromatic N) is 1. The van der Waals surface area contributed by atoms with E-state index in [1.54, 1.807) is 19.2 Å². The standard InChI is InChI=1S/C16H18N2O3S/c1-16(2,9-8-13(19)20)18-14(21)12-10-22-15(17-12)11-6-4-3-5-7-11/h3-7,10H,8-9H2,1-2H3,(H,18,21)(H,19,20). The van der Waals surface area contributed by atoms with Gasteiger partial charge in [-0.15, -0.1) is 11.3 Å². The second kappa shape index (κ2) is 6.70. The van der Waals surface area contributed by atoms with Gasteiger partial charge in [0.1, 0.15) is 10.7 Å². The molecule has 116 valence electrons. The molecular formula is C16H18N2O3S. The molecule has 1 heterocycles. The number of amides is 1. The Kier molecular flexibility index (Phi) is 4.92. The zero-order chi connectivity index (χ0) is 16.2. The first-order valence-electron chi connectivity index (χ1n) is 6.93. The van der Waals surface area contributed by atoms with E-state index in [0.717, 1.165) is 10.6 Å². The van der Waals surface area contributed by atoms with Crippen molar-refractivity contribution in [2.75, 3.05) is 0 Å². The number of nitrogens with one attached hydrogen (secondary N) is 1. The Morgan fingerprint density at radius 2 is 1.95 bits per heavy atom. The minimum atomic E-state index is -0.873. The van der Waals surface area contributed by atoms with Gasteiger partial charge in [0.25, 0.3) is 5.91 Å². The van der Waals surface area contributed by atoms with E-state index < -0.39 is 11.5 Å². The van der Waals surface area contributed by atoms with E-state index in [1.165, 1.54) is 11.3 Å². The molecule has 2 aromatic rings. The molecule has 0 unspecified atom stereocenters. The highest BCUT2D eigenvalue weighted by molar-refractivity contribution is 7.13. The highest BCUT2D eigenvalue weighted by atomic mass is 32.1. The molecule has 0 aliphatic rings. The molecule has 0 radical (unpaired) electrons. The number of hydrogen-bond acceptors (Lipinski definition) is 4. The van der Waals surface area contributed by atoms with Crippen molar-refractivity contribution in [3.63, 3.8) is 0 Å². The topological polar surface area (TPSA) is 79.3 Å². The number of hydrogen-bond donors (Lipinski definition) is 2. The fraction of sp³-hybridized carbons (Fsp3) is 0.312. The van der Waals surface area contributed by atoms with Crippen LogP contribution in [0.4, 0.5) is 0 Å². The van der Waals surface area contributed by atoms with Gasteiger partial charge >= 0.3 is 5.97 Å². The Labute approximate surface area is 133 Å². The number of rotatable bonds is 6. The van der Waals surface area contributed by atoms with Gasteiger partial charge in [0.15, 0.2) is 0 Å². The van der Waals surface area contributed by atoms with Gasteiger partial charge in [0.2, 0.25) is 0 Å². The van der Waals surface area contributed by atoms with Gasteiger partial charge in [-0.1, -0.05) is 30.3 Å². The normalized spacial score (nSPS) is 11.2. The average molecular weight is 318 g/mol. The lowest BCUT2D eigenvalue weighted by Crippen LogP contribution is -2.43. The van der Waals surface area contributed by atoms with Gasteiger partial charge in [-0.05, 0) is 20.3 Å². The number of carbonyl (C=O) groups is 2. The maximum atomic E-state index is 12.2. The summed E-state index contributed by atoms with van der Waals surface area (Å²) in [6.07, 6.45) is 0.378. The van der Waals surface area contributed by atoms with Crippen LogP contribution >= 0.6 is 11.3 Å². The monoisotopic (exact) mass is 318 g/mol. The maximum absolute atomic E-state index is 12.2. The summed E-state index contributed by atoms with van der Waals surface area (Å²) >= 11 is 1.41. The molecule has 5 nitrogen and oxygen atoms in total. The number of carboxylic acid groups (broad SMARTS) is 1. The largest absolute Gasteiger partial charge is 0.481 e. The summed E-state index contributed by atoms with van der Waals surface area (Å²) in [6.45, 7) is 3.61.